The van der Waals surface area contributed by atoms with Crippen molar-refractivity contribution in [1.29, 1.82) is 0 Å². The second kappa shape index (κ2) is 17.4. The molecule has 0 unspecified atom stereocenters. The molecule has 36 heavy (non-hydrogen) atoms. The first-order valence-corrected chi connectivity index (χ1v) is 19.4. The van der Waals surface area contributed by atoms with Crippen molar-refractivity contribution in [2.75, 3.05) is 0 Å². The minimum atomic E-state index is -0.888. The van der Waals surface area contributed by atoms with Gasteiger partial charge in [0.2, 0.25) is 0 Å². The van der Waals surface area contributed by atoms with Gasteiger partial charge in [-0.05, 0) is 0 Å². The molecule has 1 aromatic carbocycles. The van der Waals surface area contributed by atoms with E-state index in [1.807, 2.05) is 0 Å². The minimum Gasteiger partial charge on any atom is 4.00 e. The van der Waals surface area contributed by atoms with Gasteiger partial charge in [0.15, 0.2) is 0 Å². The SMILES string of the molecule is CC(C)(C)[N-]C(C)(C)C.CC(C)(C)[N-]C(C)(C)C.CC(C)(C)[N-]C(C)(C)C.[CH3][GeH]([CH3])[c-]1cccc1.[Zr+4]. The fraction of sp³-hybridized carbons (Fsp3) is 0.839. The van der Waals surface area contributed by atoms with E-state index in [2.05, 4.69) is 176 Å². The number of nitrogens with zero attached hydrogens (tertiary/aromatic N) is 3. The molecule has 1 aromatic rings. The molecule has 0 saturated carbocycles. The third kappa shape index (κ3) is 44.6. The van der Waals surface area contributed by atoms with Crippen molar-refractivity contribution in [2.45, 2.75) is 169 Å². The van der Waals surface area contributed by atoms with E-state index in [4.69, 9.17) is 0 Å². The maximum atomic E-state index is 4.54. The van der Waals surface area contributed by atoms with Crippen LogP contribution < -0.4 is 4.40 Å². The van der Waals surface area contributed by atoms with Gasteiger partial charge in [0.25, 0.3) is 0 Å². The molecule has 0 bridgehead atoms. The Kier molecular flexibility index (Phi) is 21.1. The van der Waals surface area contributed by atoms with E-state index < -0.39 is 14.3 Å². The van der Waals surface area contributed by atoms with Crippen LogP contribution in [0.2, 0.25) is 11.5 Å². The van der Waals surface area contributed by atoms with E-state index in [0.717, 1.165) is 0 Å². The van der Waals surface area contributed by atoms with Gasteiger partial charge in [0.1, 0.15) is 0 Å². The van der Waals surface area contributed by atoms with Crippen molar-refractivity contribution >= 4 is 18.7 Å². The Morgan fingerprint density at radius 2 is 0.583 bits per heavy atom. The van der Waals surface area contributed by atoms with Crippen LogP contribution in [-0.4, -0.2) is 47.6 Å². The molecule has 0 N–H and O–H groups in total. The van der Waals surface area contributed by atoms with Crippen LogP contribution >= 0.6 is 0 Å². The molecule has 0 atom stereocenters. The molecular weight excluding hydrogens is 578 g/mol. The fourth-order valence-electron chi connectivity index (χ4n) is 3.79. The summed E-state index contributed by atoms with van der Waals surface area (Å²) in [5, 5.41) is 13.6. The van der Waals surface area contributed by atoms with Crippen molar-refractivity contribution in [2.24, 2.45) is 0 Å². The van der Waals surface area contributed by atoms with Crippen LogP contribution in [0.3, 0.4) is 0 Å². The van der Waals surface area contributed by atoms with E-state index in [0.29, 0.717) is 0 Å². The van der Waals surface area contributed by atoms with Crippen molar-refractivity contribution < 1.29 is 26.2 Å². The summed E-state index contributed by atoms with van der Waals surface area (Å²) in [4.78, 5) is 0. The smallest absolute Gasteiger partial charge is 4.00 e. The first-order chi connectivity index (χ1) is 14.9. The Labute approximate surface area is 253 Å². The van der Waals surface area contributed by atoms with Crippen LogP contribution in [0.1, 0.15) is 125 Å². The molecule has 0 radical (unpaired) electrons. The first kappa shape index (κ1) is 43.7. The van der Waals surface area contributed by atoms with Gasteiger partial charge in [0, 0.05) is 0 Å². The summed E-state index contributed by atoms with van der Waals surface area (Å²) < 4.78 is 1.62. The molecule has 0 heterocycles. The Morgan fingerprint density at radius 1 is 0.417 bits per heavy atom. The van der Waals surface area contributed by atoms with Crippen molar-refractivity contribution in [3.63, 3.8) is 0 Å². The fourth-order valence-corrected chi connectivity index (χ4v) is 5.87. The molecule has 3 nitrogen and oxygen atoms in total. The predicted molar refractivity (Wildman–Crippen MR) is 169 cm³/mol. The number of hydrogen-bond acceptors (Lipinski definition) is 0. The van der Waals surface area contributed by atoms with Crippen LogP contribution in [0.25, 0.3) is 16.0 Å². The Hall–Kier alpha value is 0.656. The Bertz CT molecular complexity index is 526. The quantitative estimate of drug-likeness (QED) is 0.216. The summed E-state index contributed by atoms with van der Waals surface area (Å²) >= 11 is -0.888. The second-order valence-corrected chi connectivity index (χ2v) is 22.0. The normalized spacial score (nSPS) is 12.8. The van der Waals surface area contributed by atoms with E-state index in [9.17, 15) is 0 Å². The van der Waals surface area contributed by atoms with E-state index in [-0.39, 0.29) is 59.4 Å². The minimum absolute atomic E-state index is 0. The zero-order chi connectivity index (χ0) is 29.1. The van der Waals surface area contributed by atoms with E-state index in [1.165, 1.54) is 0 Å². The molecule has 0 aliphatic carbocycles. The standard InChI is InChI=1S/3C8H18N.C7H11Ge.Zr/c3*1-7(2,3)9-8(4,5)6;1-8(2)7-5-3-4-6-7;/h3*1-6H3;3-6,8H,1-2H3;/q4*-1;+4. The van der Waals surface area contributed by atoms with Gasteiger partial charge in [-0.1, -0.05) is 125 Å². The largest absolute Gasteiger partial charge is 4.00 e. The maximum absolute atomic E-state index is 4.54. The van der Waals surface area contributed by atoms with Crippen LogP contribution in [0.5, 0.6) is 0 Å². The summed E-state index contributed by atoms with van der Waals surface area (Å²) in [7, 11) is 0. The monoisotopic (exact) mass is 643 g/mol. The third-order valence-electron chi connectivity index (χ3n) is 3.37. The van der Waals surface area contributed by atoms with Gasteiger partial charge in [-0.15, -0.1) is 33.2 Å². The topological polar surface area (TPSA) is 42.3 Å². The first-order valence-electron chi connectivity index (χ1n) is 13.4. The molecule has 0 aromatic heterocycles. The molecule has 0 amide bonds. The molecule has 1 rings (SSSR count). The van der Waals surface area contributed by atoms with Crippen LogP contribution in [0.4, 0.5) is 0 Å². The molecule has 5 heteroatoms. The molecule has 0 fully saturated rings. The van der Waals surface area contributed by atoms with Gasteiger partial charge in [0.05, 0.1) is 0 Å². The van der Waals surface area contributed by atoms with Gasteiger partial charge in [-0.3, -0.25) is 0 Å². The Morgan fingerprint density at radius 3 is 0.639 bits per heavy atom. The second-order valence-electron chi connectivity index (χ2n) is 15.7. The molecule has 0 spiro atoms. The zero-order valence-electron chi connectivity index (χ0n) is 28.2. The van der Waals surface area contributed by atoms with Gasteiger partial charge >= 0.3 is 80.7 Å². The van der Waals surface area contributed by atoms with Crippen molar-refractivity contribution in [3.8, 4) is 0 Å². The summed E-state index contributed by atoms with van der Waals surface area (Å²) in [5.74, 6) is 4.78. The van der Waals surface area contributed by atoms with Crippen LogP contribution in [0.15, 0.2) is 24.3 Å². The predicted octanol–water partition coefficient (Wildman–Crippen LogP) is 9.97. The number of hydrogen-bond donors (Lipinski definition) is 0. The van der Waals surface area contributed by atoms with Crippen LogP contribution in [-0.2, 0) is 26.2 Å². The van der Waals surface area contributed by atoms with Crippen LogP contribution in [0, 0.1) is 0 Å². The number of rotatable bonds is 1. The molecular formula is C31H65GeN3Zr. The average Bonchev–Trinajstić information content (AvgIpc) is 2.89. The molecule has 212 valence electrons. The summed E-state index contributed by atoms with van der Waals surface area (Å²) in [6.07, 6.45) is 0. The van der Waals surface area contributed by atoms with Crippen molar-refractivity contribution in [1.82, 2.24) is 0 Å². The summed E-state index contributed by atoms with van der Waals surface area (Å²) in [5.41, 5.74) is 0.656. The molecule has 0 saturated heterocycles. The van der Waals surface area contributed by atoms with Crippen molar-refractivity contribution in [3.05, 3.63) is 40.2 Å². The zero-order valence-corrected chi connectivity index (χ0v) is 33.1. The molecule has 0 aliphatic rings. The van der Waals surface area contributed by atoms with E-state index >= 15 is 0 Å². The maximum Gasteiger partial charge on any atom is 4.00 e. The summed E-state index contributed by atoms with van der Waals surface area (Å²) in [6.45, 7) is 38.2. The third-order valence-corrected chi connectivity index (χ3v) is 6.97. The van der Waals surface area contributed by atoms with Gasteiger partial charge in [-0.2, -0.15) is 0 Å². The van der Waals surface area contributed by atoms with Gasteiger partial charge < -0.3 is 16.0 Å². The Balaban J connectivity index is -0.000000188. The van der Waals surface area contributed by atoms with Gasteiger partial charge in [-0.25, -0.2) is 0 Å². The van der Waals surface area contributed by atoms with E-state index in [1.54, 1.807) is 4.40 Å². The molecule has 0 aliphatic heterocycles. The average molecular weight is 644 g/mol. The summed E-state index contributed by atoms with van der Waals surface area (Å²) in [6, 6.07) is 8.73.